The average molecular weight is 274 g/mol. The quantitative estimate of drug-likeness (QED) is 0.854. The first-order valence-electron chi connectivity index (χ1n) is 7.50. The molecule has 0 bridgehead atoms. The van der Waals surface area contributed by atoms with E-state index < -0.39 is 0 Å². The van der Waals surface area contributed by atoms with Crippen molar-refractivity contribution in [3.63, 3.8) is 0 Å². The Labute approximate surface area is 120 Å². The van der Waals surface area contributed by atoms with E-state index in [1.165, 1.54) is 11.1 Å². The highest BCUT2D eigenvalue weighted by molar-refractivity contribution is 5.67. The van der Waals surface area contributed by atoms with Gasteiger partial charge in [0.15, 0.2) is 0 Å². The Balaban J connectivity index is 1.76. The fourth-order valence-electron chi connectivity index (χ4n) is 3.47. The first kappa shape index (κ1) is 13.4. The maximum Gasteiger partial charge on any atom is 0.409 e. The van der Waals surface area contributed by atoms with Crippen LogP contribution in [0.15, 0.2) is 24.3 Å². The van der Waals surface area contributed by atoms with E-state index in [2.05, 4.69) is 29.6 Å². The maximum absolute atomic E-state index is 11.8. The van der Waals surface area contributed by atoms with Gasteiger partial charge >= 0.3 is 6.09 Å². The van der Waals surface area contributed by atoms with Gasteiger partial charge in [-0.2, -0.15) is 0 Å². The van der Waals surface area contributed by atoms with Crippen molar-refractivity contribution in [1.82, 2.24) is 10.2 Å². The highest BCUT2D eigenvalue weighted by atomic mass is 16.6. The van der Waals surface area contributed by atoms with Crippen LogP contribution in [0.3, 0.4) is 0 Å². The van der Waals surface area contributed by atoms with Gasteiger partial charge in [0.2, 0.25) is 0 Å². The predicted molar refractivity (Wildman–Crippen MR) is 77.7 cm³/mol. The van der Waals surface area contributed by atoms with Crippen LogP contribution < -0.4 is 5.32 Å². The topological polar surface area (TPSA) is 41.6 Å². The molecule has 1 spiro atoms. The van der Waals surface area contributed by atoms with Crippen molar-refractivity contribution in [2.24, 2.45) is 0 Å². The number of benzene rings is 1. The summed E-state index contributed by atoms with van der Waals surface area (Å²) < 4.78 is 5.09. The number of nitrogens with zero attached hydrogens (tertiary/aromatic N) is 1. The monoisotopic (exact) mass is 274 g/mol. The minimum atomic E-state index is -0.175. The zero-order valence-corrected chi connectivity index (χ0v) is 12.0. The van der Waals surface area contributed by atoms with Crippen LogP contribution >= 0.6 is 0 Å². The molecule has 2 aliphatic heterocycles. The second-order valence-corrected chi connectivity index (χ2v) is 5.60. The number of rotatable bonds is 1. The van der Waals surface area contributed by atoms with Crippen LogP contribution in [-0.2, 0) is 16.7 Å². The Morgan fingerprint density at radius 3 is 2.85 bits per heavy atom. The van der Waals surface area contributed by atoms with Crippen molar-refractivity contribution >= 4 is 6.09 Å². The summed E-state index contributed by atoms with van der Waals surface area (Å²) in [6.45, 7) is 4.85. The number of hydrogen-bond acceptors (Lipinski definition) is 3. The molecular weight excluding hydrogens is 252 g/mol. The van der Waals surface area contributed by atoms with E-state index in [1.54, 1.807) is 0 Å². The molecule has 4 heteroatoms. The Kier molecular flexibility index (Phi) is 3.66. The van der Waals surface area contributed by atoms with Crippen LogP contribution in [0, 0.1) is 0 Å². The van der Waals surface area contributed by atoms with Crippen LogP contribution in [0.4, 0.5) is 4.79 Å². The molecule has 1 aromatic rings. The van der Waals surface area contributed by atoms with Crippen LogP contribution in [-0.4, -0.2) is 37.2 Å². The van der Waals surface area contributed by atoms with Crippen molar-refractivity contribution in [3.8, 4) is 0 Å². The number of hydrogen-bond donors (Lipinski definition) is 1. The van der Waals surface area contributed by atoms with Crippen molar-refractivity contribution in [2.45, 2.75) is 31.7 Å². The lowest BCUT2D eigenvalue weighted by Gasteiger charge is -2.45. The first-order chi connectivity index (χ1) is 9.75. The highest BCUT2D eigenvalue weighted by Crippen LogP contribution is 2.37. The third-order valence-electron chi connectivity index (χ3n) is 4.53. The standard InChI is InChI=1S/C16H22N2O2/c1-2-20-15(19)18-11-8-16(9-12-18)14-6-4-3-5-13(14)7-10-17-16/h3-6,17H,2,7-12H2,1H3. The molecule has 0 atom stereocenters. The molecule has 108 valence electrons. The van der Waals surface area contributed by atoms with Gasteiger partial charge in [0.05, 0.1) is 6.61 Å². The molecule has 0 unspecified atom stereocenters. The second kappa shape index (κ2) is 5.44. The summed E-state index contributed by atoms with van der Waals surface area (Å²) in [7, 11) is 0. The summed E-state index contributed by atoms with van der Waals surface area (Å²) in [4.78, 5) is 13.6. The molecule has 1 amide bonds. The number of ether oxygens (including phenoxy) is 1. The number of piperidine rings is 1. The van der Waals surface area contributed by atoms with E-state index in [4.69, 9.17) is 4.74 Å². The van der Waals surface area contributed by atoms with Crippen molar-refractivity contribution < 1.29 is 9.53 Å². The number of carbonyl (C=O) groups excluding carboxylic acids is 1. The molecule has 0 saturated carbocycles. The van der Waals surface area contributed by atoms with E-state index in [0.29, 0.717) is 6.61 Å². The Morgan fingerprint density at radius 2 is 2.10 bits per heavy atom. The lowest BCUT2D eigenvalue weighted by molar-refractivity contribution is 0.0783. The van der Waals surface area contributed by atoms with Gasteiger partial charge < -0.3 is 15.0 Å². The van der Waals surface area contributed by atoms with Crippen LogP contribution in [0.5, 0.6) is 0 Å². The van der Waals surface area contributed by atoms with Crippen molar-refractivity contribution in [2.75, 3.05) is 26.2 Å². The third kappa shape index (κ3) is 2.29. The largest absolute Gasteiger partial charge is 0.450 e. The zero-order valence-electron chi connectivity index (χ0n) is 12.0. The lowest BCUT2D eigenvalue weighted by atomic mass is 9.76. The van der Waals surface area contributed by atoms with Gasteiger partial charge in [-0.25, -0.2) is 4.79 Å². The third-order valence-corrected chi connectivity index (χ3v) is 4.53. The highest BCUT2D eigenvalue weighted by Gasteiger charge is 2.40. The zero-order chi connectivity index (χ0) is 14.0. The Hall–Kier alpha value is -1.55. The molecule has 0 radical (unpaired) electrons. The summed E-state index contributed by atoms with van der Waals surface area (Å²) in [5.74, 6) is 0. The number of nitrogens with one attached hydrogen (secondary N) is 1. The number of fused-ring (bicyclic) bond motifs is 2. The van der Waals surface area contributed by atoms with E-state index >= 15 is 0 Å². The molecular formula is C16H22N2O2. The van der Waals surface area contributed by atoms with Gasteiger partial charge in [-0.05, 0) is 37.3 Å². The fourth-order valence-corrected chi connectivity index (χ4v) is 3.47. The summed E-state index contributed by atoms with van der Waals surface area (Å²) in [5.41, 5.74) is 2.93. The van der Waals surface area contributed by atoms with Crippen LogP contribution in [0.1, 0.15) is 30.9 Å². The van der Waals surface area contributed by atoms with Gasteiger partial charge in [0, 0.05) is 25.2 Å². The number of amides is 1. The van der Waals surface area contributed by atoms with Gasteiger partial charge in [-0.3, -0.25) is 0 Å². The molecule has 2 heterocycles. The van der Waals surface area contributed by atoms with Crippen molar-refractivity contribution in [3.05, 3.63) is 35.4 Å². The SMILES string of the molecule is CCOC(=O)N1CCC2(CC1)NCCc1ccccc12. The van der Waals surface area contributed by atoms with E-state index in [-0.39, 0.29) is 11.6 Å². The van der Waals surface area contributed by atoms with Crippen LogP contribution in [0.2, 0.25) is 0 Å². The predicted octanol–water partition coefficient (Wildman–Crippen LogP) is 2.28. The van der Waals surface area contributed by atoms with Crippen LogP contribution in [0.25, 0.3) is 0 Å². The number of carbonyl (C=O) groups is 1. The molecule has 4 nitrogen and oxygen atoms in total. The Morgan fingerprint density at radius 1 is 1.35 bits per heavy atom. The molecule has 3 rings (SSSR count). The van der Waals surface area contributed by atoms with E-state index in [1.807, 2.05) is 11.8 Å². The lowest BCUT2D eigenvalue weighted by Crippen LogP contribution is -2.55. The average Bonchev–Trinajstić information content (AvgIpc) is 2.49. The minimum Gasteiger partial charge on any atom is -0.450 e. The van der Waals surface area contributed by atoms with Gasteiger partial charge in [0.1, 0.15) is 0 Å². The van der Waals surface area contributed by atoms with Gasteiger partial charge in [-0.15, -0.1) is 0 Å². The van der Waals surface area contributed by atoms with E-state index in [0.717, 1.165) is 38.9 Å². The van der Waals surface area contributed by atoms with Gasteiger partial charge in [-0.1, -0.05) is 24.3 Å². The molecule has 0 aromatic heterocycles. The molecule has 2 aliphatic rings. The summed E-state index contributed by atoms with van der Waals surface area (Å²) >= 11 is 0. The fraction of sp³-hybridized carbons (Fsp3) is 0.562. The number of likely N-dealkylation sites (tertiary alicyclic amines) is 1. The molecule has 20 heavy (non-hydrogen) atoms. The van der Waals surface area contributed by atoms with Crippen molar-refractivity contribution in [1.29, 1.82) is 0 Å². The van der Waals surface area contributed by atoms with Gasteiger partial charge in [0.25, 0.3) is 0 Å². The first-order valence-corrected chi connectivity index (χ1v) is 7.50. The normalized spacial score (nSPS) is 20.6. The van der Waals surface area contributed by atoms with E-state index in [9.17, 15) is 4.79 Å². The molecule has 0 aliphatic carbocycles. The molecule has 1 aromatic carbocycles. The minimum absolute atomic E-state index is 0.0534. The molecule has 1 saturated heterocycles. The second-order valence-electron chi connectivity index (χ2n) is 5.60. The molecule has 1 N–H and O–H groups in total. The summed E-state index contributed by atoms with van der Waals surface area (Å²) in [5, 5.41) is 3.70. The molecule has 1 fully saturated rings. The smallest absolute Gasteiger partial charge is 0.409 e. The Bertz CT molecular complexity index is 493. The summed E-state index contributed by atoms with van der Waals surface area (Å²) in [6.07, 6.45) is 2.84. The maximum atomic E-state index is 11.8. The summed E-state index contributed by atoms with van der Waals surface area (Å²) in [6, 6.07) is 8.70.